The Bertz CT molecular complexity index is 336. The maximum Gasteiger partial charge on any atom is 0.307 e. The summed E-state index contributed by atoms with van der Waals surface area (Å²) in [6, 6.07) is 4.95. The second kappa shape index (κ2) is 4.86. The number of rotatable bonds is 4. The van der Waals surface area contributed by atoms with Gasteiger partial charge in [0.2, 0.25) is 0 Å². The molecule has 0 fully saturated rings. The van der Waals surface area contributed by atoms with Gasteiger partial charge in [0.05, 0.1) is 13.0 Å². The SMILES string of the molecule is CCOc1cc(Cl)ccc1CC(=O)O. The molecule has 0 aliphatic heterocycles. The minimum atomic E-state index is -0.881. The van der Waals surface area contributed by atoms with E-state index in [1.54, 1.807) is 18.2 Å². The van der Waals surface area contributed by atoms with Gasteiger partial charge in [-0.15, -0.1) is 0 Å². The van der Waals surface area contributed by atoms with E-state index in [0.29, 0.717) is 22.9 Å². The van der Waals surface area contributed by atoms with Crippen molar-refractivity contribution in [2.75, 3.05) is 6.61 Å². The number of carbonyl (C=O) groups is 1. The molecule has 3 nitrogen and oxygen atoms in total. The molecule has 0 unspecified atom stereocenters. The van der Waals surface area contributed by atoms with Crippen LogP contribution >= 0.6 is 11.6 Å². The third-order valence-electron chi connectivity index (χ3n) is 1.67. The highest BCUT2D eigenvalue weighted by Gasteiger charge is 2.07. The van der Waals surface area contributed by atoms with Gasteiger partial charge < -0.3 is 9.84 Å². The molecule has 0 saturated heterocycles. The fraction of sp³-hybridized carbons (Fsp3) is 0.300. The lowest BCUT2D eigenvalue weighted by atomic mass is 10.1. The summed E-state index contributed by atoms with van der Waals surface area (Å²) >= 11 is 5.76. The second-order valence-electron chi connectivity index (χ2n) is 2.76. The van der Waals surface area contributed by atoms with Gasteiger partial charge in [-0.05, 0) is 19.1 Å². The van der Waals surface area contributed by atoms with Gasteiger partial charge in [0, 0.05) is 10.6 Å². The van der Waals surface area contributed by atoms with E-state index in [9.17, 15) is 4.79 Å². The molecule has 0 atom stereocenters. The Morgan fingerprint density at radius 1 is 1.57 bits per heavy atom. The van der Waals surface area contributed by atoms with Gasteiger partial charge in [-0.1, -0.05) is 17.7 Å². The van der Waals surface area contributed by atoms with Crippen LogP contribution in [0.2, 0.25) is 5.02 Å². The van der Waals surface area contributed by atoms with Crippen LogP contribution in [0, 0.1) is 0 Å². The van der Waals surface area contributed by atoms with Crippen LogP contribution in [0.4, 0.5) is 0 Å². The molecule has 0 aromatic heterocycles. The number of benzene rings is 1. The highest BCUT2D eigenvalue weighted by molar-refractivity contribution is 6.30. The van der Waals surface area contributed by atoms with E-state index in [2.05, 4.69) is 0 Å². The van der Waals surface area contributed by atoms with E-state index in [1.165, 1.54) is 0 Å². The first kappa shape index (κ1) is 10.9. The molecule has 0 saturated carbocycles. The normalized spacial score (nSPS) is 9.86. The summed E-state index contributed by atoms with van der Waals surface area (Å²) in [6.07, 6.45) is -0.0491. The monoisotopic (exact) mass is 214 g/mol. The topological polar surface area (TPSA) is 46.5 Å². The third-order valence-corrected chi connectivity index (χ3v) is 1.91. The lowest BCUT2D eigenvalue weighted by molar-refractivity contribution is -0.136. The molecular formula is C10H11ClO3. The summed E-state index contributed by atoms with van der Waals surface area (Å²) in [6.45, 7) is 2.33. The van der Waals surface area contributed by atoms with Gasteiger partial charge in [0.25, 0.3) is 0 Å². The minimum absolute atomic E-state index is 0.0491. The first-order valence-electron chi connectivity index (χ1n) is 4.26. The number of aliphatic carboxylic acids is 1. The number of halogens is 1. The Balaban J connectivity index is 2.95. The van der Waals surface area contributed by atoms with Crippen molar-refractivity contribution in [2.45, 2.75) is 13.3 Å². The molecular weight excluding hydrogens is 204 g/mol. The van der Waals surface area contributed by atoms with E-state index in [4.69, 9.17) is 21.4 Å². The van der Waals surface area contributed by atoms with Crippen LogP contribution in [0.1, 0.15) is 12.5 Å². The molecule has 1 aromatic carbocycles. The van der Waals surface area contributed by atoms with Crippen LogP contribution in [0.5, 0.6) is 5.75 Å². The first-order chi connectivity index (χ1) is 6.63. The smallest absolute Gasteiger partial charge is 0.307 e. The summed E-state index contributed by atoms with van der Waals surface area (Å²) in [7, 11) is 0. The lowest BCUT2D eigenvalue weighted by Gasteiger charge is -2.08. The molecule has 0 bridgehead atoms. The summed E-state index contributed by atoms with van der Waals surface area (Å²) in [4.78, 5) is 10.5. The molecule has 0 amide bonds. The third kappa shape index (κ3) is 2.92. The number of hydrogen-bond donors (Lipinski definition) is 1. The molecule has 1 N–H and O–H groups in total. The van der Waals surface area contributed by atoms with Gasteiger partial charge in [-0.3, -0.25) is 4.79 Å². The average molecular weight is 215 g/mol. The standard InChI is InChI=1S/C10H11ClO3/c1-2-14-9-6-8(11)4-3-7(9)5-10(12)13/h3-4,6H,2,5H2,1H3,(H,12,13). The van der Waals surface area contributed by atoms with E-state index in [0.717, 1.165) is 0 Å². The van der Waals surface area contributed by atoms with Crippen molar-refractivity contribution in [1.29, 1.82) is 0 Å². The fourth-order valence-corrected chi connectivity index (χ4v) is 1.29. The van der Waals surface area contributed by atoms with Crippen molar-refractivity contribution in [1.82, 2.24) is 0 Å². The van der Waals surface area contributed by atoms with Crippen molar-refractivity contribution in [2.24, 2.45) is 0 Å². The van der Waals surface area contributed by atoms with E-state index < -0.39 is 5.97 Å². The van der Waals surface area contributed by atoms with Crippen LogP contribution in [-0.2, 0) is 11.2 Å². The van der Waals surface area contributed by atoms with Gasteiger partial charge in [0.1, 0.15) is 5.75 Å². The minimum Gasteiger partial charge on any atom is -0.494 e. The van der Waals surface area contributed by atoms with Crippen LogP contribution in [0.3, 0.4) is 0 Å². The predicted octanol–water partition coefficient (Wildman–Crippen LogP) is 2.37. The predicted molar refractivity (Wildman–Crippen MR) is 54.0 cm³/mol. The molecule has 0 aliphatic rings. The van der Waals surface area contributed by atoms with Crippen LogP contribution in [0.15, 0.2) is 18.2 Å². The molecule has 0 aliphatic carbocycles. The Morgan fingerprint density at radius 2 is 2.29 bits per heavy atom. The summed E-state index contributed by atoms with van der Waals surface area (Å²) in [5.74, 6) is -0.337. The van der Waals surface area contributed by atoms with Crippen molar-refractivity contribution in [3.05, 3.63) is 28.8 Å². The molecule has 1 aromatic rings. The summed E-state index contributed by atoms with van der Waals surface area (Å²) < 4.78 is 5.27. The molecule has 0 spiro atoms. The zero-order valence-electron chi connectivity index (χ0n) is 7.79. The zero-order valence-corrected chi connectivity index (χ0v) is 8.54. The van der Waals surface area contributed by atoms with Crippen molar-refractivity contribution in [3.8, 4) is 5.75 Å². The van der Waals surface area contributed by atoms with Gasteiger partial charge in [-0.25, -0.2) is 0 Å². The van der Waals surface area contributed by atoms with Gasteiger partial charge >= 0.3 is 5.97 Å². The first-order valence-corrected chi connectivity index (χ1v) is 4.64. The lowest BCUT2D eigenvalue weighted by Crippen LogP contribution is -2.03. The van der Waals surface area contributed by atoms with E-state index >= 15 is 0 Å². The fourth-order valence-electron chi connectivity index (χ4n) is 1.13. The van der Waals surface area contributed by atoms with Crippen LogP contribution < -0.4 is 4.74 Å². The molecule has 76 valence electrons. The molecule has 4 heteroatoms. The Hall–Kier alpha value is -1.22. The zero-order chi connectivity index (χ0) is 10.6. The Kier molecular flexibility index (Phi) is 3.77. The number of carboxylic acids is 1. The van der Waals surface area contributed by atoms with Gasteiger partial charge in [-0.2, -0.15) is 0 Å². The maximum atomic E-state index is 10.5. The largest absolute Gasteiger partial charge is 0.494 e. The Labute approximate surface area is 87.3 Å². The highest BCUT2D eigenvalue weighted by Crippen LogP contribution is 2.23. The van der Waals surface area contributed by atoms with E-state index in [-0.39, 0.29) is 6.42 Å². The summed E-state index contributed by atoms with van der Waals surface area (Å²) in [5, 5.41) is 9.18. The molecule has 0 heterocycles. The quantitative estimate of drug-likeness (QED) is 0.837. The highest BCUT2D eigenvalue weighted by atomic mass is 35.5. The Morgan fingerprint density at radius 3 is 2.86 bits per heavy atom. The van der Waals surface area contributed by atoms with Gasteiger partial charge in [0.15, 0.2) is 0 Å². The summed E-state index contributed by atoms with van der Waals surface area (Å²) in [5.41, 5.74) is 0.642. The molecule has 0 radical (unpaired) electrons. The van der Waals surface area contributed by atoms with Crippen molar-refractivity contribution < 1.29 is 14.6 Å². The van der Waals surface area contributed by atoms with Crippen LogP contribution in [-0.4, -0.2) is 17.7 Å². The molecule has 14 heavy (non-hydrogen) atoms. The number of carboxylic acid groups (broad SMARTS) is 1. The van der Waals surface area contributed by atoms with E-state index in [1.807, 2.05) is 6.92 Å². The number of hydrogen-bond acceptors (Lipinski definition) is 2. The number of ether oxygens (including phenoxy) is 1. The second-order valence-corrected chi connectivity index (χ2v) is 3.19. The maximum absolute atomic E-state index is 10.5. The van der Waals surface area contributed by atoms with Crippen LogP contribution in [0.25, 0.3) is 0 Å². The molecule has 1 rings (SSSR count). The van der Waals surface area contributed by atoms with Crippen molar-refractivity contribution in [3.63, 3.8) is 0 Å². The van der Waals surface area contributed by atoms with Crippen molar-refractivity contribution >= 4 is 17.6 Å². The average Bonchev–Trinajstić information content (AvgIpc) is 2.09.